The van der Waals surface area contributed by atoms with Crippen LogP contribution < -0.4 is 10.2 Å². The number of aryl methyl sites for hydroxylation is 1. The zero-order chi connectivity index (χ0) is 20.4. The number of rotatable bonds is 4. The first-order valence-corrected chi connectivity index (χ1v) is 9.48. The third-order valence-electron chi connectivity index (χ3n) is 5.10. The van der Waals surface area contributed by atoms with Gasteiger partial charge in [-0.1, -0.05) is 12.1 Å². The number of carbonyl (C=O) groups is 2. The van der Waals surface area contributed by atoms with Gasteiger partial charge in [0.25, 0.3) is 5.91 Å². The zero-order valence-corrected chi connectivity index (χ0v) is 16.0. The van der Waals surface area contributed by atoms with E-state index in [9.17, 15) is 14.0 Å². The van der Waals surface area contributed by atoms with E-state index < -0.39 is 6.04 Å². The lowest BCUT2D eigenvalue weighted by Gasteiger charge is -2.27. The highest BCUT2D eigenvalue weighted by atomic mass is 19.1. The van der Waals surface area contributed by atoms with Crippen molar-refractivity contribution in [2.24, 2.45) is 10.2 Å². The molecule has 0 fully saturated rings. The van der Waals surface area contributed by atoms with Gasteiger partial charge in [-0.05, 0) is 30.5 Å². The van der Waals surface area contributed by atoms with Crippen LogP contribution in [0.5, 0.6) is 0 Å². The third-order valence-corrected chi connectivity index (χ3v) is 5.10. The fourth-order valence-electron chi connectivity index (χ4n) is 3.53. The average molecular weight is 396 g/mol. The molecule has 0 saturated heterocycles. The molecule has 9 heteroatoms. The van der Waals surface area contributed by atoms with Gasteiger partial charge in [-0.2, -0.15) is 10.2 Å². The second-order valence-electron chi connectivity index (χ2n) is 7.17. The molecule has 2 aliphatic rings. The van der Waals surface area contributed by atoms with E-state index in [0.29, 0.717) is 31.6 Å². The summed E-state index contributed by atoms with van der Waals surface area (Å²) in [6.45, 7) is 0.679. The number of aromatic nitrogens is 2. The molecule has 4 rings (SSSR count). The van der Waals surface area contributed by atoms with Crippen LogP contribution in [0, 0.1) is 5.82 Å². The Labute approximate surface area is 167 Å². The van der Waals surface area contributed by atoms with Crippen LogP contribution in [0.1, 0.15) is 24.8 Å². The van der Waals surface area contributed by atoms with Gasteiger partial charge in [0, 0.05) is 32.5 Å². The van der Waals surface area contributed by atoms with Gasteiger partial charge in [0.1, 0.15) is 23.4 Å². The SMILES string of the molecule is CN1C(=O)[C@@H](NC(=O)C2=NN=C(Cc3ccc(F)cc3)C2)CCCn2nccc21. The third kappa shape index (κ3) is 4.08. The Morgan fingerprint density at radius 3 is 2.83 bits per heavy atom. The summed E-state index contributed by atoms with van der Waals surface area (Å²) < 4.78 is 14.8. The van der Waals surface area contributed by atoms with Gasteiger partial charge in [-0.15, -0.1) is 5.10 Å². The molecule has 2 aliphatic heterocycles. The van der Waals surface area contributed by atoms with Crippen LogP contribution in [0.2, 0.25) is 0 Å². The lowest BCUT2D eigenvalue weighted by atomic mass is 10.0. The number of fused-ring (bicyclic) bond motifs is 1. The number of hydrogen-bond acceptors (Lipinski definition) is 5. The fraction of sp³-hybridized carbons (Fsp3) is 0.350. The molecule has 0 unspecified atom stereocenters. The first kappa shape index (κ1) is 19.0. The van der Waals surface area contributed by atoms with Crippen molar-refractivity contribution in [1.82, 2.24) is 15.1 Å². The Bertz CT molecular complexity index is 995. The predicted molar refractivity (Wildman–Crippen MR) is 106 cm³/mol. The molecular formula is C20H21FN6O2. The minimum atomic E-state index is -0.625. The first-order chi connectivity index (χ1) is 14.0. The highest BCUT2D eigenvalue weighted by Gasteiger charge is 2.30. The smallest absolute Gasteiger partial charge is 0.268 e. The molecule has 29 heavy (non-hydrogen) atoms. The van der Waals surface area contributed by atoms with E-state index in [-0.39, 0.29) is 23.3 Å². The number of nitrogens with zero attached hydrogens (tertiary/aromatic N) is 5. The van der Waals surface area contributed by atoms with Crippen LogP contribution in [0.4, 0.5) is 10.2 Å². The number of hydrogen-bond donors (Lipinski definition) is 1. The summed E-state index contributed by atoms with van der Waals surface area (Å²) in [5.41, 5.74) is 1.91. The largest absolute Gasteiger partial charge is 0.339 e. The van der Waals surface area contributed by atoms with Gasteiger partial charge in [-0.3, -0.25) is 14.5 Å². The van der Waals surface area contributed by atoms with Crippen LogP contribution in [-0.4, -0.2) is 46.1 Å². The van der Waals surface area contributed by atoms with Gasteiger partial charge >= 0.3 is 0 Å². The normalized spacial score (nSPS) is 19.2. The zero-order valence-electron chi connectivity index (χ0n) is 16.0. The van der Waals surface area contributed by atoms with Crippen molar-refractivity contribution < 1.29 is 14.0 Å². The standard InChI is InChI=1S/C20H21FN6O2/c1-26-18-8-9-22-27(18)10-2-3-16(20(26)29)23-19(28)17-12-15(24-25-17)11-13-4-6-14(21)7-5-13/h4-9,16H,2-3,10-12H2,1H3,(H,23,28)/t16-/m0/s1. The van der Waals surface area contributed by atoms with Gasteiger partial charge in [0.05, 0.1) is 11.9 Å². The Kier molecular flexibility index (Phi) is 5.20. The Morgan fingerprint density at radius 2 is 2.03 bits per heavy atom. The van der Waals surface area contributed by atoms with Crippen LogP contribution >= 0.6 is 0 Å². The molecule has 2 aromatic rings. The highest BCUT2D eigenvalue weighted by molar-refractivity contribution is 6.43. The van der Waals surface area contributed by atoms with E-state index in [1.165, 1.54) is 17.0 Å². The summed E-state index contributed by atoms with van der Waals surface area (Å²) in [5.74, 6) is -0.165. The quantitative estimate of drug-likeness (QED) is 0.853. The number of benzene rings is 1. The van der Waals surface area contributed by atoms with Gasteiger partial charge in [0.15, 0.2) is 0 Å². The molecule has 1 aromatic heterocycles. The monoisotopic (exact) mass is 396 g/mol. The number of nitrogens with one attached hydrogen (secondary N) is 1. The number of halogens is 1. The second-order valence-corrected chi connectivity index (χ2v) is 7.17. The average Bonchev–Trinajstić information content (AvgIpc) is 3.36. The van der Waals surface area contributed by atoms with Gasteiger partial charge < -0.3 is 5.32 Å². The van der Waals surface area contributed by atoms with E-state index in [1.807, 2.05) is 0 Å². The minimum absolute atomic E-state index is 0.189. The summed E-state index contributed by atoms with van der Waals surface area (Å²) in [4.78, 5) is 27.0. The molecule has 0 aliphatic carbocycles. The Hall–Kier alpha value is -3.36. The molecule has 1 N–H and O–H groups in total. The van der Waals surface area contributed by atoms with E-state index in [2.05, 4.69) is 20.6 Å². The number of carbonyl (C=O) groups excluding carboxylic acids is 2. The summed E-state index contributed by atoms with van der Waals surface area (Å²) >= 11 is 0. The van der Waals surface area contributed by atoms with Crippen LogP contribution in [0.15, 0.2) is 46.7 Å². The molecule has 2 amide bonds. The number of likely N-dealkylation sites (N-methyl/N-ethyl adjacent to an activating group) is 1. The molecular weight excluding hydrogens is 375 g/mol. The Balaban J connectivity index is 1.36. The molecule has 8 nitrogen and oxygen atoms in total. The molecule has 3 heterocycles. The minimum Gasteiger partial charge on any atom is -0.339 e. The molecule has 0 saturated carbocycles. The summed E-state index contributed by atoms with van der Waals surface area (Å²) in [5, 5.41) is 15.1. The van der Waals surface area contributed by atoms with Crippen molar-refractivity contribution in [3.05, 3.63) is 47.9 Å². The predicted octanol–water partition coefficient (Wildman–Crippen LogP) is 1.71. The second kappa shape index (κ2) is 7.94. The van der Waals surface area contributed by atoms with Crippen LogP contribution in [0.25, 0.3) is 0 Å². The fourth-order valence-corrected chi connectivity index (χ4v) is 3.53. The number of anilines is 1. The van der Waals surface area contributed by atoms with Crippen molar-refractivity contribution in [3.63, 3.8) is 0 Å². The summed E-state index contributed by atoms with van der Waals surface area (Å²) in [6, 6.07) is 7.30. The molecule has 1 atom stereocenters. The maximum Gasteiger partial charge on any atom is 0.268 e. The molecule has 150 valence electrons. The highest BCUT2D eigenvalue weighted by Crippen LogP contribution is 2.19. The van der Waals surface area contributed by atoms with E-state index in [1.54, 1.807) is 36.1 Å². The summed E-state index contributed by atoms with van der Waals surface area (Å²) in [7, 11) is 1.68. The van der Waals surface area contributed by atoms with Gasteiger partial charge in [-0.25, -0.2) is 9.07 Å². The lowest BCUT2D eigenvalue weighted by molar-refractivity contribution is -0.124. The molecule has 0 radical (unpaired) electrons. The van der Waals surface area contributed by atoms with Crippen LogP contribution in [-0.2, 0) is 22.6 Å². The van der Waals surface area contributed by atoms with E-state index >= 15 is 0 Å². The number of amides is 2. The van der Waals surface area contributed by atoms with E-state index in [0.717, 1.165) is 17.7 Å². The van der Waals surface area contributed by atoms with Crippen LogP contribution in [0.3, 0.4) is 0 Å². The van der Waals surface area contributed by atoms with Crippen molar-refractivity contribution in [2.75, 3.05) is 11.9 Å². The van der Waals surface area contributed by atoms with Crippen molar-refractivity contribution in [2.45, 2.75) is 38.3 Å². The van der Waals surface area contributed by atoms with Crippen molar-refractivity contribution in [1.29, 1.82) is 0 Å². The molecule has 1 aromatic carbocycles. The van der Waals surface area contributed by atoms with Crippen molar-refractivity contribution in [3.8, 4) is 0 Å². The summed E-state index contributed by atoms with van der Waals surface area (Å²) in [6.07, 6.45) is 3.70. The maximum absolute atomic E-state index is 13.0. The maximum atomic E-state index is 13.0. The Morgan fingerprint density at radius 1 is 1.24 bits per heavy atom. The topological polar surface area (TPSA) is 92.0 Å². The van der Waals surface area contributed by atoms with Crippen molar-refractivity contribution >= 4 is 29.1 Å². The molecule has 0 bridgehead atoms. The van der Waals surface area contributed by atoms with Gasteiger partial charge in [0.2, 0.25) is 5.91 Å². The first-order valence-electron chi connectivity index (χ1n) is 9.48. The van der Waals surface area contributed by atoms with E-state index in [4.69, 9.17) is 0 Å². The molecule has 0 spiro atoms. The lowest BCUT2D eigenvalue weighted by Crippen LogP contribution is -2.50.